The topological polar surface area (TPSA) is 66.5 Å². The molecule has 2 N–H and O–H groups in total. The van der Waals surface area contributed by atoms with Gasteiger partial charge in [0.05, 0.1) is 42.9 Å². The van der Waals surface area contributed by atoms with Gasteiger partial charge in [-0.1, -0.05) is 18.2 Å². The Kier molecular flexibility index (Phi) is 5.84. The smallest absolute Gasteiger partial charge is 0.229 e. The van der Waals surface area contributed by atoms with E-state index < -0.39 is 0 Å². The molecule has 1 amide bonds. The third-order valence-electron chi connectivity index (χ3n) is 4.48. The standard InChI is InChI=1S/C21H22N4O2S/c26-21(14-17-4-3-13-28-17)23-16-7-8-20(22-15-16)24-18-5-1-2-6-19(18)25-9-11-27-12-10-25/h1-8,13,15H,9-12,14H2,(H,22,24)(H,23,26). The number of morpholine rings is 1. The molecule has 4 rings (SSSR count). The number of carbonyl (C=O) groups is 1. The van der Waals surface area contributed by atoms with Crippen molar-refractivity contribution >= 4 is 40.1 Å². The van der Waals surface area contributed by atoms with Crippen molar-refractivity contribution in [2.45, 2.75) is 6.42 Å². The van der Waals surface area contributed by atoms with Gasteiger partial charge in [0.1, 0.15) is 5.82 Å². The van der Waals surface area contributed by atoms with E-state index in [1.54, 1.807) is 17.5 Å². The number of para-hydroxylation sites is 2. The Hall–Kier alpha value is -2.90. The summed E-state index contributed by atoms with van der Waals surface area (Å²) in [7, 11) is 0. The van der Waals surface area contributed by atoms with Crippen molar-refractivity contribution in [2.75, 3.05) is 41.8 Å². The van der Waals surface area contributed by atoms with Gasteiger partial charge in [0.25, 0.3) is 0 Å². The van der Waals surface area contributed by atoms with Gasteiger partial charge in [0, 0.05) is 18.0 Å². The number of carbonyl (C=O) groups excluding carboxylic acids is 1. The number of nitrogens with one attached hydrogen (secondary N) is 2. The van der Waals surface area contributed by atoms with Crippen LogP contribution in [0.4, 0.5) is 22.9 Å². The van der Waals surface area contributed by atoms with Crippen molar-refractivity contribution in [3.63, 3.8) is 0 Å². The Balaban J connectivity index is 1.40. The summed E-state index contributed by atoms with van der Waals surface area (Å²) in [6, 6.07) is 15.8. The van der Waals surface area contributed by atoms with E-state index in [1.807, 2.05) is 47.8 Å². The van der Waals surface area contributed by atoms with E-state index in [0.717, 1.165) is 48.4 Å². The highest BCUT2D eigenvalue weighted by Crippen LogP contribution is 2.28. The van der Waals surface area contributed by atoms with Gasteiger partial charge in [-0.25, -0.2) is 4.98 Å². The number of thiophene rings is 1. The van der Waals surface area contributed by atoms with Crippen molar-refractivity contribution in [1.29, 1.82) is 0 Å². The zero-order valence-corrected chi connectivity index (χ0v) is 16.2. The first-order valence-electron chi connectivity index (χ1n) is 9.25. The predicted octanol–water partition coefficient (Wildman–Crippen LogP) is 3.90. The molecule has 28 heavy (non-hydrogen) atoms. The van der Waals surface area contributed by atoms with E-state index >= 15 is 0 Å². The lowest BCUT2D eigenvalue weighted by Gasteiger charge is -2.30. The molecule has 3 aromatic rings. The van der Waals surface area contributed by atoms with E-state index in [4.69, 9.17) is 4.74 Å². The minimum absolute atomic E-state index is 0.0392. The van der Waals surface area contributed by atoms with Gasteiger partial charge < -0.3 is 20.3 Å². The fourth-order valence-electron chi connectivity index (χ4n) is 3.12. The predicted molar refractivity (Wildman–Crippen MR) is 114 cm³/mol. The number of pyridine rings is 1. The molecule has 1 aliphatic rings. The number of benzene rings is 1. The van der Waals surface area contributed by atoms with Crippen LogP contribution >= 0.6 is 11.3 Å². The van der Waals surface area contributed by atoms with Crippen LogP contribution in [0.1, 0.15) is 4.88 Å². The number of anilines is 4. The Bertz CT molecular complexity index is 906. The van der Waals surface area contributed by atoms with E-state index in [9.17, 15) is 4.79 Å². The molecular formula is C21H22N4O2S. The number of hydrogen-bond donors (Lipinski definition) is 2. The van der Waals surface area contributed by atoms with Gasteiger partial charge in [-0.3, -0.25) is 4.79 Å². The molecule has 1 fully saturated rings. The lowest BCUT2D eigenvalue weighted by molar-refractivity contribution is -0.115. The van der Waals surface area contributed by atoms with E-state index in [2.05, 4.69) is 26.6 Å². The highest BCUT2D eigenvalue weighted by molar-refractivity contribution is 7.10. The molecule has 7 heteroatoms. The minimum atomic E-state index is -0.0392. The first kappa shape index (κ1) is 18.5. The van der Waals surface area contributed by atoms with Crippen LogP contribution in [0.3, 0.4) is 0 Å². The van der Waals surface area contributed by atoms with Crippen molar-refractivity contribution in [3.8, 4) is 0 Å². The van der Waals surface area contributed by atoms with Gasteiger partial charge >= 0.3 is 0 Å². The molecule has 2 aromatic heterocycles. The number of nitrogens with zero attached hydrogens (tertiary/aromatic N) is 2. The number of hydrogen-bond acceptors (Lipinski definition) is 6. The largest absolute Gasteiger partial charge is 0.378 e. The molecule has 1 aromatic carbocycles. The zero-order chi connectivity index (χ0) is 19.2. The summed E-state index contributed by atoms with van der Waals surface area (Å²) in [5.41, 5.74) is 2.83. The molecule has 0 radical (unpaired) electrons. The number of amides is 1. The normalized spacial score (nSPS) is 13.9. The lowest BCUT2D eigenvalue weighted by atomic mass is 10.2. The summed E-state index contributed by atoms with van der Waals surface area (Å²) in [5.74, 6) is 0.694. The van der Waals surface area contributed by atoms with E-state index in [1.165, 1.54) is 0 Å². The first-order chi connectivity index (χ1) is 13.8. The molecule has 1 aliphatic heterocycles. The van der Waals surface area contributed by atoms with Crippen LogP contribution in [0.2, 0.25) is 0 Å². The van der Waals surface area contributed by atoms with Crippen LogP contribution in [-0.4, -0.2) is 37.2 Å². The fraction of sp³-hybridized carbons (Fsp3) is 0.238. The lowest BCUT2D eigenvalue weighted by Crippen LogP contribution is -2.36. The minimum Gasteiger partial charge on any atom is -0.378 e. The summed E-state index contributed by atoms with van der Waals surface area (Å²) in [6.07, 6.45) is 2.05. The van der Waals surface area contributed by atoms with Gasteiger partial charge in [0.15, 0.2) is 0 Å². The molecular weight excluding hydrogens is 372 g/mol. The molecule has 0 atom stereocenters. The van der Waals surface area contributed by atoms with Gasteiger partial charge in [-0.15, -0.1) is 11.3 Å². The summed E-state index contributed by atoms with van der Waals surface area (Å²) in [5, 5.41) is 8.24. The average molecular weight is 395 g/mol. The molecule has 144 valence electrons. The Morgan fingerprint density at radius 3 is 2.71 bits per heavy atom. The second-order valence-corrected chi connectivity index (χ2v) is 7.51. The van der Waals surface area contributed by atoms with E-state index in [0.29, 0.717) is 12.1 Å². The van der Waals surface area contributed by atoms with Crippen molar-refractivity contribution < 1.29 is 9.53 Å². The summed E-state index contributed by atoms with van der Waals surface area (Å²) in [4.78, 5) is 19.9. The summed E-state index contributed by atoms with van der Waals surface area (Å²) < 4.78 is 5.45. The Labute approximate surface area is 168 Å². The maximum absolute atomic E-state index is 12.1. The molecule has 0 aliphatic carbocycles. The maximum Gasteiger partial charge on any atom is 0.229 e. The van der Waals surface area contributed by atoms with Crippen molar-refractivity contribution in [2.24, 2.45) is 0 Å². The second-order valence-electron chi connectivity index (χ2n) is 6.48. The van der Waals surface area contributed by atoms with Crippen LogP contribution in [0.25, 0.3) is 0 Å². The first-order valence-corrected chi connectivity index (χ1v) is 10.1. The summed E-state index contributed by atoms with van der Waals surface area (Å²) >= 11 is 1.58. The molecule has 0 unspecified atom stereocenters. The fourth-order valence-corrected chi connectivity index (χ4v) is 3.82. The highest BCUT2D eigenvalue weighted by Gasteiger charge is 2.14. The van der Waals surface area contributed by atoms with Crippen LogP contribution in [-0.2, 0) is 16.0 Å². The zero-order valence-electron chi connectivity index (χ0n) is 15.4. The third kappa shape index (κ3) is 4.68. The SMILES string of the molecule is O=C(Cc1cccs1)Nc1ccc(Nc2ccccc2N2CCOCC2)nc1. The molecule has 6 nitrogen and oxygen atoms in total. The van der Waals surface area contributed by atoms with Crippen LogP contribution < -0.4 is 15.5 Å². The highest BCUT2D eigenvalue weighted by atomic mass is 32.1. The second kappa shape index (κ2) is 8.86. The van der Waals surface area contributed by atoms with Crippen molar-refractivity contribution in [1.82, 2.24) is 4.98 Å². The van der Waals surface area contributed by atoms with Crippen molar-refractivity contribution in [3.05, 3.63) is 65.0 Å². The average Bonchev–Trinajstić information content (AvgIpc) is 3.23. The Morgan fingerprint density at radius 2 is 1.96 bits per heavy atom. The summed E-state index contributed by atoms with van der Waals surface area (Å²) in [6.45, 7) is 3.24. The van der Waals surface area contributed by atoms with Crippen LogP contribution in [0, 0.1) is 0 Å². The molecule has 0 spiro atoms. The van der Waals surface area contributed by atoms with Gasteiger partial charge in [0.2, 0.25) is 5.91 Å². The van der Waals surface area contributed by atoms with Gasteiger partial charge in [-0.05, 0) is 35.7 Å². The quantitative estimate of drug-likeness (QED) is 0.664. The number of aromatic nitrogens is 1. The molecule has 3 heterocycles. The van der Waals surface area contributed by atoms with Gasteiger partial charge in [-0.2, -0.15) is 0 Å². The number of ether oxygens (including phenoxy) is 1. The molecule has 1 saturated heterocycles. The molecule has 0 bridgehead atoms. The number of rotatable bonds is 6. The maximum atomic E-state index is 12.1. The molecule has 0 saturated carbocycles. The van der Waals surface area contributed by atoms with Crippen LogP contribution in [0.5, 0.6) is 0 Å². The monoisotopic (exact) mass is 394 g/mol. The van der Waals surface area contributed by atoms with E-state index in [-0.39, 0.29) is 5.91 Å². The van der Waals surface area contributed by atoms with Crippen LogP contribution in [0.15, 0.2) is 60.1 Å². The Morgan fingerprint density at radius 1 is 1.11 bits per heavy atom. The third-order valence-corrected chi connectivity index (χ3v) is 5.36.